The van der Waals surface area contributed by atoms with Gasteiger partial charge in [0.25, 0.3) is 0 Å². The third-order valence-electron chi connectivity index (χ3n) is 1.10. The summed E-state index contributed by atoms with van der Waals surface area (Å²) in [4.78, 5) is 0. The molecule has 0 aliphatic carbocycles. The van der Waals surface area contributed by atoms with Crippen LogP contribution >= 0.6 is 0 Å². The van der Waals surface area contributed by atoms with Gasteiger partial charge in [0.15, 0.2) is 0 Å². The van der Waals surface area contributed by atoms with Crippen LogP contribution in [0.1, 0.15) is 0 Å². The summed E-state index contributed by atoms with van der Waals surface area (Å²) in [6.45, 7) is 0. The van der Waals surface area contributed by atoms with E-state index in [0.717, 1.165) is 0 Å². The third kappa shape index (κ3) is 2.03. The molecule has 0 aromatic rings. The summed E-state index contributed by atoms with van der Waals surface area (Å²) in [6, 6.07) is 0. The van der Waals surface area contributed by atoms with Crippen LogP contribution in [0, 0.1) is 0 Å². The predicted molar refractivity (Wildman–Crippen MR) is 38.7 cm³/mol. The molecule has 0 bridgehead atoms. The molecule has 0 radical (unpaired) electrons. The van der Waals surface area contributed by atoms with Gasteiger partial charge in [-0.2, -0.15) is 0 Å². The van der Waals surface area contributed by atoms with E-state index in [2.05, 4.69) is 0 Å². The van der Waals surface area contributed by atoms with Gasteiger partial charge in [-0.3, -0.25) is 0 Å². The minimum Gasteiger partial charge on any atom is -0.496 e. The molecule has 0 fully saturated rings. The van der Waals surface area contributed by atoms with Crippen LogP contribution in [-0.2, 0) is 9.16 Å². The van der Waals surface area contributed by atoms with E-state index in [1.165, 1.54) is 0 Å². The number of allylic oxidation sites excluding steroid dienone is 2. The average molecular weight is 142 g/mol. The van der Waals surface area contributed by atoms with Crippen LogP contribution in [0.5, 0.6) is 0 Å². The van der Waals surface area contributed by atoms with Crippen molar-refractivity contribution in [2.24, 2.45) is 0 Å². The molecular formula is C6H10O2Si. The second-order valence-electron chi connectivity index (χ2n) is 1.84. The lowest BCUT2D eigenvalue weighted by Gasteiger charge is -2.12. The fourth-order valence-corrected chi connectivity index (χ4v) is 1.47. The van der Waals surface area contributed by atoms with Crippen molar-refractivity contribution in [3.05, 3.63) is 24.5 Å². The molecular weight excluding hydrogens is 132 g/mol. The largest absolute Gasteiger partial charge is 0.496 e. The Morgan fingerprint density at radius 2 is 2.44 bits per heavy atom. The van der Waals surface area contributed by atoms with E-state index in [9.17, 15) is 0 Å². The maximum atomic E-state index is 5.19. The van der Waals surface area contributed by atoms with Gasteiger partial charge in [-0.15, -0.1) is 0 Å². The van der Waals surface area contributed by atoms with Gasteiger partial charge in [-0.05, 0) is 12.2 Å². The first-order valence-electron chi connectivity index (χ1n) is 2.91. The Hall–Kier alpha value is -0.543. The Kier molecular flexibility index (Phi) is 2.54. The first-order valence-corrected chi connectivity index (χ1v) is 4.30. The lowest BCUT2D eigenvalue weighted by molar-refractivity contribution is 0.228. The Morgan fingerprint density at radius 1 is 1.56 bits per heavy atom. The van der Waals surface area contributed by atoms with Crippen molar-refractivity contribution in [2.75, 3.05) is 7.11 Å². The van der Waals surface area contributed by atoms with Crippen molar-refractivity contribution in [1.29, 1.82) is 0 Å². The van der Waals surface area contributed by atoms with E-state index in [-0.39, 0.29) is 5.73 Å². The summed E-state index contributed by atoms with van der Waals surface area (Å²) in [5.41, 5.74) is 0.250. The van der Waals surface area contributed by atoms with E-state index >= 15 is 0 Å². The molecule has 1 rings (SSSR count). The van der Waals surface area contributed by atoms with Gasteiger partial charge in [0, 0.05) is 7.11 Å². The van der Waals surface area contributed by atoms with Gasteiger partial charge >= 0.3 is 0 Å². The molecule has 0 N–H and O–H groups in total. The Balaban J connectivity index is 2.28. The molecule has 1 atom stereocenters. The lowest BCUT2D eigenvalue weighted by atomic mass is 10.4. The van der Waals surface area contributed by atoms with Crippen LogP contribution in [0.4, 0.5) is 0 Å². The predicted octanol–water partition coefficient (Wildman–Crippen LogP) is 0.143. The molecule has 0 spiro atoms. The van der Waals surface area contributed by atoms with Crippen molar-refractivity contribution in [1.82, 2.24) is 0 Å². The van der Waals surface area contributed by atoms with Crippen LogP contribution in [0.25, 0.3) is 0 Å². The van der Waals surface area contributed by atoms with Gasteiger partial charge in [0.1, 0.15) is 5.73 Å². The zero-order valence-corrected chi connectivity index (χ0v) is 6.82. The highest BCUT2D eigenvalue weighted by Gasteiger charge is 2.04. The molecule has 50 valence electrons. The number of hydrogen-bond acceptors (Lipinski definition) is 2. The van der Waals surface area contributed by atoms with Gasteiger partial charge in [0.05, 0.1) is 6.26 Å². The zero-order chi connectivity index (χ0) is 6.53. The van der Waals surface area contributed by atoms with E-state index in [0.29, 0.717) is 0 Å². The molecule has 0 saturated carbocycles. The molecule has 3 heteroatoms. The monoisotopic (exact) mass is 142 g/mol. The van der Waals surface area contributed by atoms with Crippen LogP contribution in [0.2, 0.25) is 0 Å². The maximum absolute atomic E-state index is 5.19. The van der Waals surface area contributed by atoms with Crippen LogP contribution in [0.15, 0.2) is 24.5 Å². The van der Waals surface area contributed by atoms with E-state index in [4.69, 9.17) is 9.16 Å². The van der Waals surface area contributed by atoms with Crippen LogP contribution < -0.4 is 0 Å². The lowest BCUT2D eigenvalue weighted by Crippen LogP contribution is -2.18. The maximum Gasteiger partial charge on any atom is 0.209 e. The van der Waals surface area contributed by atoms with Crippen molar-refractivity contribution >= 4 is 9.76 Å². The normalized spacial score (nSPS) is 25.2. The van der Waals surface area contributed by atoms with Gasteiger partial charge in [0.2, 0.25) is 9.76 Å². The minimum absolute atomic E-state index is 0.250. The Morgan fingerprint density at radius 3 is 3.00 bits per heavy atom. The summed E-state index contributed by atoms with van der Waals surface area (Å²) < 4.78 is 10.2. The summed E-state index contributed by atoms with van der Waals surface area (Å²) in [6.07, 6.45) is 7.59. The van der Waals surface area contributed by atoms with Gasteiger partial charge in [-0.1, -0.05) is 6.08 Å². The van der Waals surface area contributed by atoms with Crippen molar-refractivity contribution in [3.8, 4) is 0 Å². The smallest absolute Gasteiger partial charge is 0.209 e. The number of hydrogen-bond donors (Lipinski definition) is 0. The highest BCUT2D eigenvalue weighted by atomic mass is 28.2. The molecule has 1 aliphatic heterocycles. The zero-order valence-electron chi connectivity index (χ0n) is 5.41. The molecule has 1 aliphatic rings. The summed E-state index contributed by atoms with van der Waals surface area (Å²) in [7, 11) is 1.24. The molecule has 0 amide bonds. The van der Waals surface area contributed by atoms with Crippen LogP contribution in [-0.4, -0.2) is 22.6 Å². The van der Waals surface area contributed by atoms with Gasteiger partial charge in [-0.25, -0.2) is 0 Å². The van der Waals surface area contributed by atoms with Crippen molar-refractivity contribution in [2.45, 2.75) is 5.73 Å². The average Bonchev–Trinajstić information content (AvgIpc) is 1.91. The SMILES string of the molecule is CO[SiH2]C1C=CC=CO1. The quantitative estimate of drug-likeness (QED) is 0.511. The highest BCUT2D eigenvalue weighted by Crippen LogP contribution is 1.99. The standard InChI is InChI=1S/C6H10O2Si/c1-7-9-6-4-2-3-5-8-6/h2-6H,9H2,1H3. The molecule has 0 saturated heterocycles. The number of ether oxygens (including phenoxy) is 1. The molecule has 0 aromatic carbocycles. The van der Waals surface area contributed by atoms with Gasteiger partial charge < -0.3 is 9.16 Å². The fraction of sp³-hybridized carbons (Fsp3) is 0.333. The second kappa shape index (κ2) is 3.48. The Labute approximate surface area is 57.1 Å². The molecule has 0 aromatic heterocycles. The van der Waals surface area contributed by atoms with Crippen LogP contribution in [0.3, 0.4) is 0 Å². The highest BCUT2D eigenvalue weighted by molar-refractivity contribution is 6.30. The van der Waals surface area contributed by atoms with E-state index in [1.54, 1.807) is 13.4 Å². The molecule has 1 unspecified atom stereocenters. The molecule has 9 heavy (non-hydrogen) atoms. The third-order valence-corrected chi connectivity index (χ3v) is 2.23. The second-order valence-corrected chi connectivity index (χ2v) is 3.56. The summed E-state index contributed by atoms with van der Waals surface area (Å²) in [5, 5.41) is 0. The van der Waals surface area contributed by atoms with E-state index in [1.807, 2.05) is 18.2 Å². The van der Waals surface area contributed by atoms with Crippen molar-refractivity contribution in [3.63, 3.8) is 0 Å². The molecule has 2 nitrogen and oxygen atoms in total. The first-order chi connectivity index (χ1) is 4.43. The summed E-state index contributed by atoms with van der Waals surface area (Å²) >= 11 is 0. The fourth-order valence-electron chi connectivity index (χ4n) is 0.684. The summed E-state index contributed by atoms with van der Waals surface area (Å²) in [5.74, 6) is 0. The van der Waals surface area contributed by atoms with E-state index < -0.39 is 9.76 Å². The van der Waals surface area contributed by atoms with Crippen molar-refractivity contribution < 1.29 is 9.16 Å². The minimum atomic E-state index is -0.484. The molecule has 1 heterocycles. The topological polar surface area (TPSA) is 18.5 Å². The Bertz CT molecular complexity index is 131. The number of rotatable bonds is 2. The first kappa shape index (κ1) is 6.58.